The molecule has 2 heterocycles. The number of rotatable bonds is 5. The first-order valence-corrected chi connectivity index (χ1v) is 9.98. The van der Waals surface area contributed by atoms with Gasteiger partial charge in [-0.3, -0.25) is 4.72 Å². The van der Waals surface area contributed by atoms with Gasteiger partial charge in [0.2, 0.25) is 0 Å². The van der Waals surface area contributed by atoms with Crippen LogP contribution in [0.4, 0.5) is 5.13 Å². The molecule has 0 bridgehead atoms. The second-order valence-corrected chi connectivity index (χ2v) is 8.38. The van der Waals surface area contributed by atoms with E-state index in [1.165, 1.54) is 12.1 Å². The number of halogens is 1. The number of carbonyl (C=O) groups excluding carboxylic acids is 1. The zero-order valence-corrected chi connectivity index (χ0v) is 15.9. The molecule has 2 aromatic heterocycles. The summed E-state index contributed by atoms with van der Waals surface area (Å²) in [6, 6.07) is 7.15. The monoisotopic (exact) mass is 441 g/mol. The fourth-order valence-corrected chi connectivity index (χ4v) is 4.39. The number of aromatic nitrogens is 1. The molecule has 25 heavy (non-hydrogen) atoms. The van der Waals surface area contributed by atoms with Crippen LogP contribution in [-0.4, -0.2) is 19.4 Å². The smallest absolute Gasteiger partial charge is 0.263 e. The number of aromatic carboxylic acids is 1. The summed E-state index contributed by atoms with van der Waals surface area (Å²) in [6.45, 7) is 1.79. The van der Waals surface area contributed by atoms with Crippen LogP contribution in [0.15, 0.2) is 49.5 Å². The molecule has 3 rings (SSSR count). The van der Waals surface area contributed by atoms with Crippen LogP contribution in [0, 0.1) is 6.92 Å². The molecule has 7 nitrogen and oxygen atoms in total. The summed E-state index contributed by atoms with van der Waals surface area (Å²) < 4.78 is 32.9. The van der Waals surface area contributed by atoms with E-state index in [1.807, 2.05) is 0 Å². The normalized spacial score (nSPS) is 11.4. The molecule has 1 aromatic carbocycles. The van der Waals surface area contributed by atoms with Crippen LogP contribution in [0.25, 0.3) is 11.5 Å². The number of hydrogen-bond acceptors (Lipinski definition) is 7. The summed E-state index contributed by atoms with van der Waals surface area (Å²) in [5.41, 5.74) is 0.246. The average Bonchev–Trinajstić information content (AvgIpc) is 3.15. The molecule has 130 valence electrons. The van der Waals surface area contributed by atoms with E-state index in [2.05, 4.69) is 25.6 Å². The first-order chi connectivity index (χ1) is 11.8. The van der Waals surface area contributed by atoms with E-state index in [1.54, 1.807) is 24.4 Å². The fourth-order valence-electron chi connectivity index (χ4n) is 2.01. The van der Waals surface area contributed by atoms with Gasteiger partial charge in [-0.05, 0) is 37.3 Å². The van der Waals surface area contributed by atoms with Crippen LogP contribution in [-0.2, 0) is 10.0 Å². The quantitative estimate of drug-likeness (QED) is 0.650. The molecule has 0 atom stereocenters. The third-order valence-corrected chi connectivity index (χ3v) is 6.10. The van der Waals surface area contributed by atoms with Gasteiger partial charge in [-0.25, -0.2) is 13.4 Å². The van der Waals surface area contributed by atoms with Crippen LogP contribution in [0.1, 0.15) is 16.1 Å². The molecule has 3 aromatic rings. The van der Waals surface area contributed by atoms with Crippen molar-refractivity contribution in [1.29, 1.82) is 0 Å². The SMILES string of the molecule is Cc1ccc(-c2csc(NS(=O)(=O)c3ccc(Br)c(C(=O)[O-])c3)n2)o1. The van der Waals surface area contributed by atoms with Gasteiger partial charge in [-0.15, -0.1) is 11.3 Å². The van der Waals surface area contributed by atoms with Crippen LogP contribution in [0.5, 0.6) is 0 Å². The van der Waals surface area contributed by atoms with Crippen molar-refractivity contribution >= 4 is 48.4 Å². The predicted octanol–water partition coefficient (Wildman–Crippen LogP) is 2.64. The molecule has 0 aliphatic carbocycles. The second kappa shape index (κ2) is 6.62. The van der Waals surface area contributed by atoms with E-state index in [9.17, 15) is 18.3 Å². The number of benzene rings is 1. The van der Waals surface area contributed by atoms with Crippen molar-refractivity contribution in [3.05, 3.63) is 51.5 Å². The predicted molar refractivity (Wildman–Crippen MR) is 93.8 cm³/mol. The molecular weight excluding hydrogens is 432 g/mol. The lowest BCUT2D eigenvalue weighted by molar-refractivity contribution is -0.255. The summed E-state index contributed by atoms with van der Waals surface area (Å²) in [4.78, 5) is 15.0. The fraction of sp³-hybridized carbons (Fsp3) is 0.0667. The van der Waals surface area contributed by atoms with Crippen molar-refractivity contribution < 1.29 is 22.7 Å². The maximum Gasteiger partial charge on any atom is 0.263 e. The zero-order valence-electron chi connectivity index (χ0n) is 12.6. The molecule has 0 fully saturated rings. The first kappa shape index (κ1) is 17.6. The number of nitrogens with one attached hydrogen (secondary N) is 1. The molecule has 0 radical (unpaired) electrons. The van der Waals surface area contributed by atoms with E-state index < -0.39 is 16.0 Å². The maximum absolute atomic E-state index is 12.4. The number of sulfonamides is 1. The number of anilines is 1. The van der Waals surface area contributed by atoms with Crippen molar-refractivity contribution in [2.75, 3.05) is 4.72 Å². The van der Waals surface area contributed by atoms with Gasteiger partial charge < -0.3 is 14.3 Å². The second-order valence-electron chi connectivity index (χ2n) is 4.98. The summed E-state index contributed by atoms with van der Waals surface area (Å²) in [6.07, 6.45) is 0. The Morgan fingerprint density at radius 2 is 2.08 bits per heavy atom. The molecule has 1 N–H and O–H groups in total. The van der Waals surface area contributed by atoms with Crippen LogP contribution in [0.2, 0.25) is 0 Å². The van der Waals surface area contributed by atoms with E-state index in [0.717, 1.165) is 23.2 Å². The summed E-state index contributed by atoms with van der Waals surface area (Å²) >= 11 is 4.13. The minimum absolute atomic E-state index is 0.141. The number of carbonyl (C=O) groups is 1. The highest BCUT2D eigenvalue weighted by molar-refractivity contribution is 9.10. The standard InChI is InChI=1S/C15H11BrN2O5S2/c1-8-2-5-13(23-8)12-7-24-15(17-12)18-25(21,22)9-3-4-11(16)10(6-9)14(19)20/h2-7H,1H3,(H,17,18)(H,19,20)/p-1. The largest absolute Gasteiger partial charge is 0.545 e. The number of aryl methyl sites for hydroxylation is 1. The van der Waals surface area contributed by atoms with Gasteiger partial charge in [0.15, 0.2) is 10.9 Å². The van der Waals surface area contributed by atoms with Crippen molar-refractivity contribution in [3.8, 4) is 11.5 Å². The molecule has 0 aliphatic rings. The number of thiazole rings is 1. The first-order valence-electron chi connectivity index (χ1n) is 6.82. The Kier molecular flexibility index (Phi) is 4.67. The summed E-state index contributed by atoms with van der Waals surface area (Å²) in [5.74, 6) is -0.231. The van der Waals surface area contributed by atoms with Gasteiger partial charge in [0.1, 0.15) is 11.5 Å². The summed E-state index contributed by atoms with van der Waals surface area (Å²) in [5, 5.41) is 12.8. The van der Waals surface area contributed by atoms with Gasteiger partial charge >= 0.3 is 0 Å². The molecule has 0 saturated heterocycles. The van der Waals surface area contributed by atoms with Gasteiger partial charge in [0, 0.05) is 15.4 Å². The molecule has 0 saturated carbocycles. The molecule has 0 unspecified atom stereocenters. The number of nitrogens with zero attached hydrogens (tertiary/aromatic N) is 1. The Balaban J connectivity index is 1.88. The van der Waals surface area contributed by atoms with E-state index in [-0.39, 0.29) is 20.1 Å². The van der Waals surface area contributed by atoms with E-state index in [4.69, 9.17) is 4.42 Å². The lowest BCUT2D eigenvalue weighted by atomic mass is 10.2. The van der Waals surface area contributed by atoms with Crippen molar-refractivity contribution in [3.63, 3.8) is 0 Å². The van der Waals surface area contributed by atoms with Crippen molar-refractivity contribution in [1.82, 2.24) is 4.98 Å². The summed E-state index contributed by atoms with van der Waals surface area (Å²) in [7, 11) is -3.99. The van der Waals surface area contributed by atoms with Gasteiger partial charge in [-0.1, -0.05) is 15.9 Å². The Labute approximate surface area is 155 Å². The van der Waals surface area contributed by atoms with Crippen LogP contribution in [0.3, 0.4) is 0 Å². The van der Waals surface area contributed by atoms with Crippen molar-refractivity contribution in [2.24, 2.45) is 0 Å². The average molecular weight is 442 g/mol. The maximum atomic E-state index is 12.4. The highest BCUT2D eigenvalue weighted by Crippen LogP contribution is 2.28. The van der Waals surface area contributed by atoms with Gasteiger partial charge in [0.25, 0.3) is 10.0 Å². The Morgan fingerprint density at radius 3 is 2.72 bits per heavy atom. The Bertz CT molecular complexity index is 1060. The Hall–Kier alpha value is -2.17. The van der Waals surface area contributed by atoms with Crippen LogP contribution >= 0.6 is 27.3 Å². The molecule has 0 aliphatic heterocycles. The molecule has 10 heteroatoms. The Morgan fingerprint density at radius 1 is 1.32 bits per heavy atom. The van der Waals surface area contributed by atoms with Gasteiger partial charge in [0.05, 0.1) is 10.9 Å². The number of furan rings is 1. The topological polar surface area (TPSA) is 112 Å². The third kappa shape index (κ3) is 3.75. The lowest BCUT2D eigenvalue weighted by Crippen LogP contribution is -2.23. The minimum atomic E-state index is -3.99. The highest BCUT2D eigenvalue weighted by atomic mass is 79.9. The third-order valence-electron chi connectivity index (χ3n) is 3.19. The number of carboxylic acids is 1. The van der Waals surface area contributed by atoms with E-state index >= 15 is 0 Å². The van der Waals surface area contributed by atoms with Crippen molar-refractivity contribution in [2.45, 2.75) is 11.8 Å². The van der Waals surface area contributed by atoms with Gasteiger partial charge in [-0.2, -0.15) is 0 Å². The number of hydrogen-bond donors (Lipinski definition) is 1. The van der Waals surface area contributed by atoms with Crippen LogP contribution < -0.4 is 9.83 Å². The van der Waals surface area contributed by atoms with E-state index in [0.29, 0.717) is 11.5 Å². The highest BCUT2D eigenvalue weighted by Gasteiger charge is 2.19. The number of carboxylic acid groups (broad SMARTS) is 1. The zero-order chi connectivity index (χ0) is 18.2. The lowest BCUT2D eigenvalue weighted by Gasteiger charge is -2.09. The molecular formula is C15H10BrN2O5S2-. The minimum Gasteiger partial charge on any atom is -0.545 e. The molecule has 0 amide bonds. The molecule has 0 spiro atoms.